The Hall–Kier alpha value is -0.310. The molecule has 1 fully saturated rings. The zero-order valence-electron chi connectivity index (χ0n) is 10.9. The SMILES string of the molecule is CCCCCC(C)(C)CNC(=S)NC1CC1. The van der Waals surface area contributed by atoms with E-state index >= 15 is 0 Å². The Kier molecular flexibility index (Phi) is 5.53. The summed E-state index contributed by atoms with van der Waals surface area (Å²) in [6.07, 6.45) is 7.80. The number of hydrogen-bond acceptors (Lipinski definition) is 1. The summed E-state index contributed by atoms with van der Waals surface area (Å²) in [5, 5.41) is 7.49. The van der Waals surface area contributed by atoms with Crippen LogP contribution < -0.4 is 10.6 Å². The van der Waals surface area contributed by atoms with Crippen LogP contribution in [0.15, 0.2) is 0 Å². The van der Waals surface area contributed by atoms with E-state index in [1.165, 1.54) is 38.5 Å². The van der Waals surface area contributed by atoms with Gasteiger partial charge in [0.15, 0.2) is 5.11 Å². The average molecular weight is 242 g/mol. The van der Waals surface area contributed by atoms with Crippen LogP contribution in [-0.4, -0.2) is 17.7 Å². The van der Waals surface area contributed by atoms with Crippen molar-refractivity contribution in [3.8, 4) is 0 Å². The molecule has 94 valence electrons. The maximum absolute atomic E-state index is 5.25. The summed E-state index contributed by atoms with van der Waals surface area (Å²) < 4.78 is 0. The predicted molar refractivity (Wildman–Crippen MR) is 74.7 cm³/mol. The summed E-state index contributed by atoms with van der Waals surface area (Å²) in [6.45, 7) is 7.86. The summed E-state index contributed by atoms with van der Waals surface area (Å²) >= 11 is 5.25. The van der Waals surface area contributed by atoms with Crippen molar-refractivity contribution in [1.29, 1.82) is 0 Å². The van der Waals surface area contributed by atoms with Crippen LogP contribution in [0.2, 0.25) is 0 Å². The second-order valence-electron chi connectivity index (χ2n) is 5.72. The quantitative estimate of drug-likeness (QED) is 0.529. The van der Waals surface area contributed by atoms with Gasteiger partial charge in [-0.2, -0.15) is 0 Å². The smallest absolute Gasteiger partial charge is 0.166 e. The van der Waals surface area contributed by atoms with Crippen molar-refractivity contribution in [2.75, 3.05) is 6.54 Å². The lowest BCUT2D eigenvalue weighted by Gasteiger charge is -2.25. The first kappa shape index (κ1) is 13.8. The van der Waals surface area contributed by atoms with Crippen molar-refractivity contribution in [3.63, 3.8) is 0 Å². The fourth-order valence-electron chi connectivity index (χ4n) is 1.73. The van der Waals surface area contributed by atoms with Crippen molar-refractivity contribution in [2.24, 2.45) is 5.41 Å². The maximum Gasteiger partial charge on any atom is 0.166 e. The van der Waals surface area contributed by atoms with E-state index in [2.05, 4.69) is 31.4 Å². The molecule has 1 saturated carbocycles. The van der Waals surface area contributed by atoms with Crippen molar-refractivity contribution >= 4 is 17.3 Å². The van der Waals surface area contributed by atoms with Gasteiger partial charge in [-0.25, -0.2) is 0 Å². The normalized spacial score (nSPS) is 15.9. The number of unbranched alkanes of at least 4 members (excludes halogenated alkanes) is 2. The fraction of sp³-hybridized carbons (Fsp3) is 0.923. The highest BCUT2D eigenvalue weighted by Crippen LogP contribution is 2.23. The third-order valence-corrected chi connectivity index (χ3v) is 3.36. The van der Waals surface area contributed by atoms with Crippen molar-refractivity contribution < 1.29 is 0 Å². The lowest BCUT2D eigenvalue weighted by Crippen LogP contribution is -2.41. The first-order chi connectivity index (χ1) is 7.53. The monoisotopic (exact) mass is 242 g/mol. The Morgan fingerprint density at radius 2 is 2.00 bits per heavy atom. The maximum atomic E-state index is 5.25. The fourth-order valence-corrected chi connectivity index (χ4v) is 1.96. The van der Waals surface area contributed by atoms with E-state index in [1.807, 2.05) is 0 Å². The highest BCUT2D eigenvalue weighted by molar-refractivity contribution is 7.80. The molecule has 0 heterocycles. The molecule has 0 aromatic carbocycles. The zero-order chi connectivity index (χ0) is 12.0. The summed E-state index contributed by atoms with van der Waals surface area (Å²) in [6, 6.07) is 0.656. The molecular weight excluding hydrogens is 216 g/mol. The van der Waals surface area contributed by atoms with E-state index in [0.717, 1.165) is 11.7 Å². The Balaban J connectivity index is 2.10. The van der Waals surface area contributed by atoms with E-state index in [-0.39, 0.29) is 0 Å². The van der Waals surface area contributed by atoms with Gasteiger partial charge in [-0.15, -0.1) is 0 Å². The summed E-state index contributed by atoms with van der Waals surface area (Å²) in [5.41, 5.74) is 0.352. The van der Waals surface area contributed by atoms with Crippen LogP contribution in [0, 0.1) is 5.41 Å². The molecule has 2 nitrogen and oxygen atoms in total. The summed E-state index contributed by atoms with van der Waals surface area (Å²) in [5.74, 6) is 0. The molecule has 0 spiro atoms. The van der Waals surface area contributed by atoms with Gasteiger partial charge in [-0.1, -0.05) is 40.0 Å². The topological polar surface area (TPSA) is 24.1 Å². The first-order valence-electron chi connectivity index (χ1n) is 6.58. The predicted octanol–water partition coefficient (Wildman–Crippen LogP) is 3.22. The minimum absolute atomic E-state index is 0.352. The highest BCUT2D eigenvalue weighted by Gasteiger charge is 2.23. The highest BCUT2D eigenvalue weighted by atomic mass is 32.1. The molecule has 3 heteroatoms. The second-order valence-corrected chi connectivity index (χ2v) is 6.13. The van der Waals surface area contributed by atoms with Crippen LogP contribution in [0.4, 0.5) is 0 Å². The largest absolute Gasteiger partial charge is 0.362 e. The van der Waals surface area contributed by atoms with E-state index in [9.17, 15) is 0 Å². The molecule has 0 aliphatic heterocycles. The minimum Gasteiger partial charge on any atom is -0.362 e. The van der Waals surface area contributed by atoms with E-state index in [0.29, 0.717) is 11.5 Å². The Labute approximate surface area is 106 Å². The van der Waals surface area contributed by atoms with Crippen LogP contribution in [0.1, 0.15) is 59.3 Å². The van der Waals surface area contributed by atoms with Gasteiger partial charge in [0.1, 0.15) is 0 Å². The van der Waals surface area contributed by atoms with E-state index in [1.54, 1.807) is 0 Å². The number of hydrogen-bond donors (Lipinski definition) is 2. The standard InChI is InChI=1S/C13H26N2S/c1-4-5-6-9-13(2,3)10-14-12(16)15-11-7-8-11/h11H,4-10H2,1-3H3,(H2,14,15,16). The molecule has 1 aliphatic carbocycles. The van der Waals surface area contributed by atoms with Gasteiger partial charge < -0.3 is 10.6 Å². The second kappa shape index (κ2) is 6.43. The molecule has 1 rings (SSSR count). The summed E-state index contributed by atoms with van der Waals surface area (Å²) in [7, 11) is 0. The van der Waals surface area contributed by atoms with Gasteiger partial charge in [0.25, 0.3) is 0 Å². The van der Waals surface area contributed by atoms with Crippen LogP contribution in [-0.2, 0) is 0 Å². The third-order valence-electron chi connectivity index (χ3n) is 3.10. The molecule has 1 aliphatic rings. The van der Waals surface area contributed by atoms with Crippen LogP contribution in [0.3, 0.4) is 0 Å². The van der Waals surface area contributed by atoms with Gasteiger partial charge in [-0.3, -0.25) is 0 Å². The first-order valence-corrected chi connectivity index (χ1v) is 6.99. The third kappa shape index (κ3) is 6.31. The lowest BCUT2D eigenvalue weighted by molar-refractivity contribution is 0.319. The Bertz CT molecular complexity index is 222. The number of rotatable bonds is 7. The van der Waals surface area contributed by atoms with Crippen LogP contribution >= 0.6 is 12.2 Å². The minimum atomic E-state index is 0.352. The zero-order valence-corrected chi connectivity index (χ0v) is 11.8. The molecular formula is C13H26N2S. The lowest BCUT2D eigenvalue weighted by atomic mass is 9.87. The van der Waals surface area contributed by atoms with Crippen molar-refractivity contribution in [1.82, 2.24) is 10.6 Å². The molecule has 2 N–H and O–H groups in total. The Morgan fingerprint density at radius 1 is 1.31 bits per heavy atom. The number of nitrogens with one attached hydrogen (secondary N) is 2. The van der Waals surface area contributed by atoms with Gasteiger partial charge in [-0.05, 0) is 36.9 Å². The van der Waals surface area contributed by atoms with Gasteiger partial charge >= 0.3 is 0 Å². The number of thiocarbonyl (C=S) groups is 1. The summed E-state index contributed by atoms with van der Waals surface area (Å²) in [4.78, 5) is 0. The molecule has 0 atom stereocenters. The molecule has 0 amide bonds. The Morgan fingerprint density at radius 3 is 2.56 bits per heavy atom. The molecule has 0 bridgehead atoms. The van der Waals surface area contributed by atoms with Gasteiger partial charge in [0.2, 0.25) is 0 Å². The van der Waals surface area contributed by atoms with Crippen LogP contribution in [0.5, 0.6) is 0 Å². The van der Waals surface area contributed by atoms with Crippen molar-refractivity contribution in [2.45, 2.75) is 65.3 Å². The van der Waals surface area contributed by atoms with Crippen molar-refractivity contribution in [3.05, 3.63) is 0 Å². The molecule has 0 saturated heterocycles. The van der Waals surface area contributed by atoms with Gasteiger partial charge in [0.05, 0.1) is 0 Å². The van der Waals surface area contributed by atoms with E-state index in [4.69, 9.17) is 12.2 Å². The molecule has 0 radical (unpaired) electrons. The van der Waals surface area contributed by atoms with Gasteiger partial charge in [0, 0.05) is 12.6 Å². The molecule has 0 aromatic rings. The molecule has 16 heavy (non-hydrogen) atoms. The molecule has 0 aromatic heterocycles. The van der Waals surface area contributed by atoms with Crippen LogP contribution in [0.25, 0.3) is 0 Å². The van der Waals surface area contributed by atoms with E-state index < -0.39 is 0 Å². The molecule has 0 unspecified atom stereocenters. The average Bonchev–Trinajstić information content (AvgIpc) is 2.99.